The third kappa shape index (κ3) is 5.47. The van der Waals surface area contributed by atoms with Crippen molar-refractivity contribution >= 4 is 51.8 Å². The maximum atomic E-state index is 5.24. The monoisotopic (exact) mass is 510 g/mol. The highest BCUT2D eigenvalue weighted by Gasteiger charge is 2.22. The van der Waals surface area contributed by atoms with Crippen LogP contribution in [0.3, 0.4) is 0 Å². The molecule has 0 aliphatic carbocycles. The van der Waals surface area contributed by atoms with Gasteiger partial charge in [0.25, 0.3) is 0 Å². The van der Waals surface area contributed by atoms with Crippen LogP contribution in [0.4, 0.5) is 5.95 Å². The maximum Gasteiger partial charge on any atom is 0.232 e. The summed E-state index contributed by atoms with van der Waals surface area (Å²) < 4.78 is 6.00. The Hall–Kier alpha value is -1.10. The van der Waals surface area contributed by atoms with E-state index < -0.39 is 0 Å². The minimum atomic E-state index is 0. The second kappa shape index (κ2) is 10.7. The molecule has 0 unspecified atom stereocenters. The van der Waals surface area contributed by atoms with E-state index in [1.54, 1.807) is 19.4 Å². The molecule has 1 N–H and O–H groups in total. The van der Waals surface area contributed by atoms with Crippen LogP contribution in [0.1, 0.15) is 6.92 Å². The number of rotatable bonds is 5. The normalized spacial score (nSPS) is 14.9. The highest BCUT2D eigenvalue weighted by Crippen LogP contribution is 2.23. The van der Waals surface area contributed by atoms with E-state index >= 15 is 0 Å². The lowest BCUT2D eigenvalue weighted by Crippen LogP contribution is -2.53. The minimum absolute atomic E-state index is 0. The lowest BCUT2D eigenvalue weighted by atomic mass is 10.3. The van der Waals surface area contributed by atoms with Gasteiger partial charge in [0.1, 0.15) is 0 Å². The number of aliphatic imine (C=N–C) groups is 1. The van der Waals surface area contributed by atoms with Crippen molar-refractivity contribution in [2.75, 3.05) is 51.3 Å². The number of methoxy groups -OCH3 is 1. The van der Waals surface area contributed by atoms with Crippen LogP contribution in [0.5, 0.6) is 5.88 Å². The Morgan fingerprint density at radius 3 is 2.75 bits per heavy atom. The van der Waals surface area contributed by atoms with Crippen LogP contribution >= 0.6 is 39.9 Å². The van der Waals surface area contributed by atoms with Crippen molar-refractivity contribution in [2.24, 2.45) is 4.99 Å². The first-order valence-electron chi connectivity index (χ1n) is 7.65. The number of piperazine rings is 1. The molecule has 9 heteroatoms. The molecule has 2 heterocycles. The summed E-state index contributed by atoms with van der Waals surface area (Å²) >= 11 is 3.38. The zero-order valence-electron chi connectivity index (χ0n) is 14.0. The Morgan fingerprint density at radius 1 is 1.46 bits per heavy atom. The molecule has 0 radical (unpaired) electrons. The summed E-state index contributed by atoms with van der Waals surface area (Å²) in [5.74, 6) is 2.18. The van der Waals surface area contributed by atoms with Crippen molar-refractivity contribution in [1.29, 1.82) is 0 Å². The quantitative estimate of drug-likeness (QED) is 0.283. The highest BCUT2D eigenvalue weighted by atomic mass is 127. The van der Waals surface area contributed by atoms with E-state index in [9.17, 15) is 0 Å². The number of nitrogens with one attached hydrogen (secondary N) is 1. The molecule has 1 aromatic heterocycles. The molecule has 1 aliphatic heterocycles. The number of hydrogen-bond donors (Lipinski definition) is 1. The van der Waals surface area contributed by atoms with E-state index in [0.29, 0.717) is 18.4 Å². The van der Waals surface area contributed by atoms with Crippen molar-refractivity contribution < 1.29 is 4.74 Å². The number of guanidine groups is 1. The van der Waals surface area contributed by atoms with Gasteiger partial charge >= 0.3 is 0 Å². The highest BCUT2D eigenvalue weighted by molar-refractivity contribution is 14.0. The van der Waals surface area contributed by atoms with Gasteiger partial charge in [-0.1, -0.05) is 6.08 Å². The first-order chi connectivity index (χ1) is 11.2. The molecule has 2 rings (SSSR count). The van der Waals surface area contributed by atoms with Gasteiger partial charge in [0.2, 0.25) is 11.8 Å². The molecule has 7 nitrogen and oxygen atoms in total. The molecule has 0 bridgehead atoms. The molecule has 1 aliphatic rings. The first kappa shape index (κ1) is 20.9. The average molecular weight is 511 g/mol. The van der Waals surface area contributed by atoms with Crippen molar-refractivity contribution in [1.82, 2.24) is 20.2 Å². The summed E-state index contributed by atoms with van der Waals surface area (Å²) in [6.45, 7) is 10.7. The summed E-state index contributed by atoms with van der Waals surface area (Å²) in [7, 11) is 1.60. The van der Waals surface area contributed by atoms with Crippen molar-refractivity contribution in [3.8, 4) is 5.88 Å². The van der Waals surface area contributed by atoms with Crippen molar-refractivity contribution in [3.05, 3.63) is 23.3 Å². The number of ether oxygens (including phenoxy) is 1. The van der Waals surface area contributed by atoms with E-state index in [1.165, 1.54) is 0 Å². The summed E-state index contributed by atoms with van der Waals surface area (Å²) in [6.07, 6.45) is 3.53. The Labute approximate surface area is 168 Å². The molecule has 0 saturated carbocycles. The van der Waals surface area contributed by atoms with Gasteiger partial charge in [-0.15, -0.1) is 30.6 Å². The molecule has 0 atom stereocenters. The zero-order chi connectivity index (χ0) is 16.7. The van der Waals surface area contributed by atoms with E-state index in [2.05, 4.69) is 59.5 Å². The van der Waals surface area contributed by atoms with Gasteiger partial charge < -0.3 is 19.9 Å². The molecular formula is C15H24BrIN6O. The second-order valence-electron chi connectivity index (χ2n) is 4.98. The summed E-state index contributed by atoms with van der Waals surface area (Å²) in [6, 6.07) is 0. The lowest BCUT2D eigenvalue weighted by molar-refractivity contribution is 0.366. The maximum absolute atomic E-state index is 5.24. The van der Waals surface area contributed by atoms with Gasteiger partial charge in [0.15, 0.2) is 5.96 Å². The number of hydrogen-bond acceptors (Lipinski definition) is 5. The average Bonchev–Trinajstić information content (AvgIpc) is 2.59. The van der Waals surface area contributed by atoms with Crippen LogP contribution in [0.2, 0.25) is 0 Å². The van der Waals surface area contributed by atoms with Gasteiger partial charge in [0, 0.05) is 32.7 Å². The Kier molecular flexibility index (Phi) is 9.34. The van der Waals surface area contributed by atoms with Crippen LogP contribution < -0.4 is 15.0 Å². The third-order valence-electron chi connectivity index (χ3n) is 3.46. The Morgan fingerprint density at radius 2 is 2.17 bits per heavy atom. The standard InChI is InChI=1S/C15H23BrN6O.HI/c1-4-6-18-14(17-5-2)21-7-9-22(10-8-21)15-19-11-12(16)13(20-15)23-3;/h4,11H,1,5-10H2,2-3H3,(H,17,18);1H. The smallest absolute Gasteiger partial charge is 0.232 e. The number of halogens is 2. The molecule has 1 saturated heterocycles. The molecule has 1 fully saturated rings. The van der Waals surface area contributed by atoms with Crippen molar-refractivity contribution in [3.63, 3.8) is 0 Å². The van der Waals surface area contributed by atoms with Crippen LogP contribution in [-0.2, 0) is 0 Å². The topological polar surface area (TPSA) is 65.9 Å². The van der Waals surface area contributed by atoms with Gasteiger partial charge in [-0.3, -0.25) is 0 Å². The summed E-state index contributed by atoms with van der Waals surface area (Å²) in [4.78, 5) is 17.7. The fourth-order valence-electron chi connectivity index (χ4n) is 2.33. The Balaban J connectivity index is 0.00000288. The second-order valence-corrected chi connectivity index (χ2v) is 5.84. The van der Waals surface area contributed by atoms with Crippen LogP contribution in [-0.4, -0.2) is 67.2 Å². The SMILES string of the molecule is C=CCN=C(NCC)N1CCN(c2ncc(Br)c(OC)n2)CC1.I. The number of nitrogens with zero attached hydrogens (tertiary/aromatic N) is 5. The molecule has 0 spiro atoms. The first-order valence-corrected chi connectivity index (χ1v) is 8.44. The molecule has 0 amide bonds. The number of aromatic nitrogens is 2. The fourth-order valence-corrected chi connectivity index (χ4v) is 2.69. The predicted octanol–water partition coefficient (Wildman–Crippen LogP) is 2.14. The molecule has 1 aromatic rings. The fraction of sp³-hybridized carbons (Fsp3) is 0.533. The van der Waals surface area contributed by atoms with E-state index in [4.69, 9.17) is 4.74 Å². The van der Waals surface area contributed by atoms with E-state index in [-0.39, 0.29) is 24.0 Å². The van der Waals surface area contributed by atoms with Crippen LogP contribution in [0.25, 0.3) is 0 Å². The molecular weight excluding hydrogens is 487 g/mol. The van der Waals surface area contributed by atoms with Crippen LogP contribution in [0, 0.1) is 0 Å². The molecule has 134 valence electrons. The third-order valence-corrected chi connectivity index (χ3v) is 4.00. The number of anilines is 1. The van der Waals surface area contributed by atoms with Crippen molar-refractivity contribution in [2.45, 2.75) is 6.92 Å². The zero-order valence-corrected chi connectivity index (χ0v) is 18.0. The van der Waals surface area contributed by atoms with Gasteiger partial charge in [-0.25, -0.2) is 9.98 Å². The molecule has 0 aromatic carbocycles. The predicted molar refractivity (Wildman–Crippen MR) is 112 cm³/mol. The van der Waals surface area contributed by atoms with Gasteiger partial charge in [0.05, 0.1) is 24.3 Å². The van der Waals surface area contributed by atoms with E-state index in [1.807, 2.05) is 0 Å². The van der Waals surface area contributed by atoms with Gasteiger partial charge in [-0.05, 0) is 22.9 Å². The minimum Gasteiger partial charge on any atom is -0.480 e. The van der Waals surface area contributed by atoms with Crippen LogP contribution in [0.15, 0.2) is 28.3 Å². The molecule has 24 heavy (non-hydrogen) atoms. The summed E-state index contributed by atoms with van der Waals surface area (Å²) in [5.41, 5.74) is 0. The summed E-state index contributed by atoms with van der Waals surface area (Å²) in [5, 5.41) is 3.32. The van der Waals surface area contributed by atoms with E-state index in [0.717, 1.165) is 43.2 Å². The van der Waals surface area contributed by atoms with Gasteiger partial charge in [-0.2, -0.15) is 4.98 Å². The lowest BCUT2D eigenvalue weighted by Gasteiger charge is -2.36. The Bertz CT molecular complexity index is 563. The largest absolute Gasteiger partial charge is 0.480 e.